The SMILES string of the molecule is CCNC(Cc1cc(C)nn1C)c1coc(C)c1. The number of rotatable bonds is 5. The second-order valence-corrected chi connectivity index (χ2v) is 4.71. The van der Waals surface area contributed by atoms with Gasteiger partial charge in [0.25, 0.3) is 0 Å². The van der Waals surface area contributed by atoms with Crippen molar-refractivity contribution in [3.05, 3.63) is 41.1 Å². The minimum atomic E-state index is 0.280. The van der Waals surface area contributed by atoms with E-state index in [1.54, 1.807) is 0 Å². The average molecular weight is 247 g/mol. The van der Waals surface area contributed by atoms with Gasteiger partial charge in [0, 0.05) is 30.8 Å². The summed E-state index contributed by atoms with van der Waals surface area (Å²) in [6, 6.07) is 4.51. The zero-order chi connectivity index (χ0) is 13.1. The van der Waals surface area contributed by atoms with E-state index in [9.17, 15) is 0 Å². The van der Waals surface area contributed by atoms with Crippen molar-refractivity contribution in [2.45, 2.75) is 33.2 Å². The van der Waals surface area contributed by atoms with Crippen LogP contribution in [0.1, 0.15) is 35.7 Å². The lowest BCUT2D eigenvalue weighted by Gasteiger charge is -2.16. The first kappa shape index (κ1) is 12.9. The third kappa shape index (κ3) is 2.82. The van der Waals surface area contributed by atoms with Crippen LogP contribution in [0, 0.1) is 13.8 Å². The van der Waals surface area contributed by atoms with Gasteiger partial charge in [-0.05, 0) is 32.5 Å². The highest BCUT2D eigenvalue weighted by Crippen LogP contribution is 2.20. The first-order valence-electron chi connectivity index (χ1n) is 6.38. The highest BCUT2D eigenvalue weighted by Gasteiger charge is 2.15. The van der Waals surface area contributed by atoms with Gasteiger partial charge in [-0.2, -0.15) is 5.10 Å². The van der Waals surface area contributed by atoms with Crippen LogP contribution >= 0.6 is 0 Å². The molecule has 0 radical (unpaired) electrons. The maximum Gasteiger partial charge on any atom is 0.101 e. The molecular formula is C14H21N3O. The summed E-state index contributed by atoms with van der Waals surface area (Å²) in [4.78, 5) is 0. The monoisotopic (exact) mass is 247 g/mol. The summed E-state index contributed by atoms with van der Waals surface area (Å²) in [7, 11) is 1.99. The molecule has 18 heavy (non-hydrogen) atoms. The Balaban J connectivity index is 2.18. The van der Waals surface area contributed by atoms with Crippen LogP contribution in [-0.2, 0) is 13.5 Å². The van der Waals surface area contributed by atoms with Crippen molar-refractivity contribution >= 4 is 0 Å². The summed E-state index contributed by atoms with van der Waals surface area (Å²) in [5.74, 6) is 0.953. The van der Waals surface area contributed by atoms with E-state index in [2.05, 4.69) is 29.5 Å². The summed E-state index contributed by atoms with van der Waals surface area (Å²) in [5, 5.41) is 7.88. The molecule has 1 unspecified atom stereocenters. The lowest BCUT2D eigenvalue weighted by Crippen LogP contribution is -2.23. The highest BCUT2D eigenvalue weighted by atomic mass is 16.3. The molecule has 2 aromatic rings. The quantitative estimate of drug-likeness (QED) is 0.883. The van der Waals surface area contributed by atoms with Crippen molar-refractivity contribution in [1.29, 1.82) is 0 Å². The zero-order valence-electron chi connectivity index (χ0n) is 11.5. The lowest BCUT2D eigenvalue weighted by molar-refractivity contribution is 0.503. The van der Waals surface area contributed by atoms with Crippen LogP contribution in [-0.4, -0.2) is 16.3 Å². The lowest BCUT2D eigenvalue weighted by atomic mass is 10.0. The number of likely N-dealkylation sites (N-methyl/N-ethyl adjacent to an activating group) is 1. The minimum Gasteiger partial charge on any atom is -0.469 e. The molecule has 1 N–H and O–H groups in total. The molecule has 0 saturated heterocycles. The normalized spacial score (nSPS) is 12.9. The van der Waals surface area contributed by atoms with E-state index < -0.39 is 0 Å². The van der Waals surface area contributed by atoms with Crippen molar-refractivity contribution in [1.82, 2.24) is 15.1 Å². The number of nitrogens with zero attached hydrogens (tertiary/aromatic N) is 2. The topological polar surface area (TPSA) is 43.0 Å². The Kier molecular flexibility index (Phi) is 3.87. The van der Waals surface area contributed by atoms with Gasteiger partial charge in [0.05, 0.1) is 12.0 Å². The molecule has 0 aliphatic carbocycles. The van der Waals surface area contributed by atoms with E-state index in [0.717, 1.165) is 24.4 Å². The average Bonchev–Trinajstić information content (AvgIpc) is 2.85. The second kappa shape index (κ2) is 5.40. The molecule has 0 bridgehead atoms. The summed E-state index contributed by atoms with van der Waals surface area (Å²) in [6.45, 7) is 7.05. The predicted octanol–water partition coefficient (Wildman–Crippen LogP) is 2.52. The molecule has 2 aromatic heterocycles. The summed E-state index contributed by atoms with van der Waals surface area (Å²) < 4.78 is 7.35. The number of nitrogens with one attached hydrogen (secondary N) is 1. The standard InChI is InChI=1S/C14H21N3O/c1-5-15-14(12-7-11(3)18-9-12)8-13-6-10(2)16-17(13)4/h6-7,9,14-15H,5,8H2,1-4H3. The number of aryl methyl sites for hydroxylation is 3. The third-order valence-electron chi connectivity index (χ3n) is 3.12. The highest BCUT2D eigenvalue weighted by molar-refractivity contribution is 5.20. The van der Waals surface area contributed by atoms with Gasteiger partial charge in [-0.15, -0.1) is 0 Å². The van der Waals surface area contributed by atoms with Gasteiger partial charge < -0.3 is 9.73 Å². The van der Waals surface area contributed by atoms with Gasteiger partial charge in [-0.1, -0.05) is 6.92 Å². The number of furan rings is 1. The van der Waals surface area contributed by atoms with Crippen LogP contribution in [0.2, 0.25) is 0 Å². The van der Waals surface area contributed by atoms with E-state index in [1.807, 2.05) is 31.8 Å². The fourth-order valence-electron chi connectivity index (χ4n) is 2.27. The number of hydrogen-bond acceptors (Lipinski definition) is 3. The molecule has 0 aromatic carbocycles. The molecule has 0 spiro atoms. The van der Waals surface area contributed by atoms with E-state index >= 15 is 0 Å². The Hall–Kier alpha value is -1.55. The molecule has 0 aliphatic rings. The third-order valence-corrected chi connectivity index (χ3v) is 3.12. The van der Waals surface area contributed by atoms with Crippen molar-refractivity contribution < 1.29 is 4.42 Å². The molecule has 0 aliphatic heterocycles. The van der Waals surface area contributed by atoms with Crippen LogP contribution in [0.25, 0.3) is 0 Å². The first-order chi connectivity index (χ1) is 8.60. The Morgan fingerprint density at radius 2 is 2.17 bits per heavy atom. The Morgan fingerprint density at radius 3 is 2.67 bits per heavy atom. The molecule has 0 amide bonds. The van der Waals surface area contributed by atoms with Crippen LogP contribution in [0.15, 0.2) is 22.8 Å². The van der Waals surface area contributed by atoms with Gasteiger partial charge >= 0.3 is 0 Å². The van der Waals surface area contributed by atoms with Gasteiger partial charge in [0.2, 0.25) is 0 Å². The van der Waals surface area contributed by atoms with Gasteiger partial charge in [-0.3, -0.25) is 4.68 Å². The van der Waals surface area contributed by atoms with Crippen molar-refractivity contribution in [2.75, 3.05) is 6.54 Å². The van der Waals surface area contributed by atoms with Gasteiger partial charge in [0.15, 0.2) is 0 Å². The first-order valence-corrected chi connectivity index (χ1v) is 6.38. The van der Waals surface area contributed by atoms with Crippen molar-refractivity contribution in [3.8, 4) is 0 Å². The summed E-state index contributed by atoms with van der Waals surface area (Å²) in [6.07, 6.45) is 2.76. The zero-order valence-corrected chi connectivity index (χ0v) is 11.5. The van der Waals surface area contributed by atoms with Gasteiger partial charge in [0.1, 0.15) is 5.76 Å². The molecule has 98 valence electrons. The molecule has 2 heterocycles. The smallest absolute Gasteiger partial charge is 0.101 e. The van der Waals surface area contributed by atoms with Crippen LogP contribution in [0.4, 0.5) is 0 Å². The number of hydrogen-bond donors (Lipinski definition) is 1. The molecule has 4 nitrogen and oxygen atoms in total. The van der Waals surface area contributed by atoms with E-state index in [4.69, 9.17) is 4.42 Å². The van der Waals surface area contributed by atoms with E-state index in [1.165, 1.54) is 11.3 Å². The fourth-order valence-corrected chi connectivity index (χ4v) is 2.27. The Bertz CT molecular complexity index is 513. The van der Waals surface area contributed by atoms with E-state index in [-0.39, 0.29) is 6.04 Å². The fraction of sp³-hybridized carbons (Fsp3) is 0.500. The summed E-state index contributed by atoms with van der Waals surface area (Å²) in [5.41, 5.74) is 3.50. The summed E-state index contributed by atoms with van der Waals surface area (Å²) >= 11 is 0. The van der Waals surface area contributed by atoms with Crippen LogP contribution in [0.5, 0.6) is 0 Å². The van der Waals surface area contributed by atoms with Crippen LogP contribution in [0.3, 0.4) is 0 Å². The van der Waals surface area contributed by atoms with E-state index in [0.29, 0.717) is 0 Å². The largest absolute Gasteiger partial charge is 0.469 e. The molecule has 0 fully saturated rings. The minimum absolute atomic E-state index is 0.280. The molecule has 4 heteroatoms. The maximum absolute atomic E-state index is 5.40. The van der Waals surface area contributed by atoms with Crippen molar-refractivity contribution in [2.24, 2.45) is 7.05 Å². The molecule has 0 saturated carbocycles. The molecule has 2 rings (SSSR count). The Labute approximate surface area is 108 Å². The van der Waals surface area contributed by atoms with Crippen molar-refractivity contribution in [3.63, 3.8) is 0 Å². The number of aromatic nitrogens is 2. The maximum atomic E-state index is 5.40. The Morgan fingerprint density at radius 1 is 1.39 bits per heavy atom. The van der Waals surface area contributed by atoms with Crippen LogP contribution < -0.4 is 5.32 Å². The molecular weight excluding hydrogens is 226 g/mol. The molecule has 1 atom stereocenters. The second-order valence-electron chi connectivity index (χ2n) is 4.71. The van der Waals surface area contributed by atoms with Gasteiger partial charge in [-0.25, -0.2) is 0 Å². The predicted molar refractivity (Wildman–Crippen MR) is 71.5 cm³/mol.